The third-order valence-corrected chi connectivity index (χ3v) is 6.80. The summed E-state index contributed by atoms with van der Waals surface area (Å²) >= 11 is 0. The molecule has 1 saturated heterocycles. The number of likely N-dealkylation sites (tertiary alicyclic amines) is 1. The van der Waals surface area contributed by atoms with Crippen molar-refractivity contribution in [3.63, 3.8) is 0 Å². The molecule has 7 nitrogen and oxygen atoms in total. The third kappa shape index (κ3) is 7.60. The summed E-state index contributed by atoms with van der Waals surface area (Å²) in [5.41, 5.74) is 0. The van der Waals surface area contributed by atoms with Crippen molar-refractivity contribution in [2.24, 2.45) is 11.8 Å². The van der Waals surface area contributed by atoms with E-state index in [4.69, 9.17) is 4.74 Å². The standard InChI is InChI=1S/C21H35N3O4S/c1-16-13-17(2)15-24(14-16)12-6-5-11-22-21(25)18(3)23-29(26,27)20-9-7-19(28-4)8-10-20/h7-10,16-18,23H,5-6,11-15H2,1-4H3,(H,22,25)/t16?,17?,18-/m0/s1. The highest BCUT2D eigenvalue weighted by molar-refractivity contribution is 7.89. The van der Waals surface area contributed by atoms with Gasteiger partial charge in [0.1, 0.15) is 5.75 Å². The lowest BCUT2D eigenvalue weighted by molar-refractivity contribution is -0.122. The Labute approximate surface area is 175 Å². The Kier molecular flexibility index (Phi) is 8.92. The summed E-state index contributed by atoms with van der Waals surface area (Å²) in [7, 11) is -2.25. The number of hydrogen-bond acceptors (Lipinski definition) is 5. The molecule has 2 N–H and O–H groups in total. The minimum atomic E-state index is -3.76. The van der Waals surface area contributed by atoms with E-state index in [2.05, 4.69) is 28.8 Å². The van der Waals surface area contributed by atoms with E-state index in [1.807, 2.05) is 0 Å². The number of unbranched alkanes of at least 4 members (excludes halogenated alkanes) is 1. The molecule has 1 aromatic carbocycles. The van der Waals surface area contributed by atoms with Gasteiger partial charge in [0.25, 0.3) is 0 Å². The molecular weight excluding hydrogens is 390 g/mol. The predicted molar refractivity (Wildman–Crippen MR) is 114 cm³/mol. The number of piperidine rings is 1. The van der Waals surface area contributed by atoms with Crippen LogP contribution in [-0.4, -0.2) is 58.6 Å². The van der Waals surface area contributed by atoms with Gasteiger partial charge in [0.2, 0.25) is 15.9 Å². The van der Waals surface area contributed by atoms with Gasteiger partial charge in [-0.3, -0.25) is 4.79 Å². The number of carbonyl (C=O) groups is 1. The summed E-state index contributed by atoms with van der Waals surface area (Å²) in [5.74, 6) is 1.75. The van der Waals surface area contributed by atoms with Crippen molar-refractivity contribution in [2.75, 3.05) is 33.3 Å². The van der Waals surface area contributed by atoms with Gasteiger partial charge in [-0.05, 0) is 68.8 Å². The van der Waals surface area contributed by atoms with Crippen LogP contribution in [0.15, 0.2) is 29.2 Å². The minimum Gasteiger partial charge on any atom is -0.497 e. The second-order valence-electron chi connectivity index (χ2n) is 8.22. The van der Waals surface area contributed by atoms with E-state index in [-0.39, 0.29) is 10.8 Å². The van der Waals surface area contributed by atoms with Gasteiger partial charge >= 0.3 is 0 Å². The van der Waals surface area contributed by atoms with Crippen LogP contribution < -0.4 is 14.8 Å². The number of nitrogens with one attached hydrogen (secondary N) is 2. The largest absolute Gasteiger partial charge is 0.497 e. The Morgan fingerprint density at radius 2 is 1.79 bits per heavy atom. The van der Waals surface area contributed by atoms with Gasteiger partial charge in [-0.2, -0.15) is 4.72 Å². The molecule has 0 bridgehead atoms. The fourth-order valence-corrected chi connectivity index (χ4v) is 5.11. The van der Waals surface area contributed by atoms with Crippen LogP contribution in [0.3, 0.4) is 0 Å². The lowest BCUT2D eigenvalue weighted by atomic mass is 9.92. The Morgan fingerprint density at radius 1 is 1.17 bits per heavy atom. The molecule has 1 amide bonds. The highest BCUT2D eigenvalue weighted by atomic mass is 32.2. The van der Waals surface area contributed by atoms with Crippen molar-refractivity contribution in [2.45, 2.75) is 51.0 Å². The number of sulfonamides is 1. The maximum absolute atomic E-state index is 12.4. The van der Waals surface area contributed by atoms with E-state index in [9.17, 15) is 13.2 Å². The lowest BCUT2D eigenvalue weighted by Gasteiger charge is -2.34. The third-order valence-electron chi connectivity index (χ3n) is 5.24. The van der Waals surface area contributed by atoms with Crippen LogP contribution in [0.4, 0.5) is 0 Å². The Hall–Kier alpha value is -1.64. The summed E-state index contributed by atoms with van der Waals surface area (Å²) in [5, 5.41) is 2.83. The molecule has 0 spiro atoms. The van der Waals surface area contributed by atoms with E-state index in [1.54, 1.807) is 19.1 Å². The molecule has 0 aromatic heterocycles. The number of hydrogen-bond donors (Lipinski definition) is 2. The van der Waals surface area contributed by atoms with Crippen molar-refractivity contribution in [1.29, 1.82) is 0 Å². The van der Waals surface area contributed by atoms with Gasteiger partial charge < -0.3 is 15.0 Å². The molecule has 164 valence electrons. The molecule has 0 saturated carbocycles. The zero-order chi connectivity index (χ0) is 21.4. The highest BCUT2D eigenvalue weighted by Crippen LogP contribution is 2.21. The van der Waals surface area contributed by atoms with Crippen molar-refractivity contribution < 1.29 is 17.9 Å². The average Bonchev–Trinajstić information content (AvgIpc) is 2.66. The zero-order valence-electron chi connectivity index (χ0n) is 18.0. The maximum atomic E-state index is 12.4. The van der Waals surface area contributed by atoms with E-state index >= 15 is 0 Å². The maximum Gasteiger partial charge on any atom is 0.241 e. The molecule has 29 heavy (non-hydrogen) atoms. The highest BCUT2D eigenvalue weighted by Gasteiger charge is 2.23. The van der Waals surface area contributed by atoms with Gasteiger partial charge in [0.05, 0.1) is 18.0 Å². The molecule has 1 fully saturated rings. The second kappa shape index (κ2) is 10.9. The fourth-order valence-electron chi connectivity index (χ4n) is 3.91. The molecular formula is C21H35N3O4S. The van der Waals surface area contributed by atoms with Crippen LogP contribution in [0.5, 0.6) is 5.75 Å². The van der Waals surface area contributed by atoms with Crippen molar-refractivity contribution in [3.05, 3.63) is 24.3 Å². The lowest BCUT2D eigenvalue weighted by Crippen LogP contribution is -2.45. The first-order valence-electron chi connectivity index (χ1n) is 10.4. The van der Waals surface area contributed by atoms with Crippen molar-refractivity contribution in [3.8, 4) is 5.75 Å². The Bertz CT molecular complexity index is 742. The number of rotatable bonds is 10. The Morgan fingerprint density at radius 3 is 2.38 bits per heavy atom. The normalized spacial score (nSPS) is 21.5. The predicted octanol–water partition coefficient (Wildman–Crippen LogP) is 2.24. The van der Waals surface area contributed by atoms with Crippen molar-refractivity contribution >= 4 is 15.9 Å². The molecule has 1 aliphatic heterocycles. The molecule has 1 aromatic rings. The number of benzene rings is 1. The molecule has 1 aliphatic rings. The zero-order valence-corrected chi connectivity index (χ0v) is 18.8. The van der Waals surface area contributed by atoms with Crippen LogP contribution >= 0.6 is 0 Å². The van der Waals surface area contributed by atoms with Gasteiger partial charge in [0, 0.05) is 19.6 Å². The summed E-state index contributed by atoms with van der Waals surface area (Å²) in [6.07, 6.45) is 3.20. The second-order valence-corrected chi connectivity index (χ2v) is 9.94. The van der Waals surface area contributed by atoms with E-state index in [1.165, 1.54) is 25.7 Å². The monoisotopic (exact) mass is 425 g/mol. The average molecular weight is 426 g/mol. The number of ether oxygens (including phenoxy) is 1. The molecule has 2 unspecified atom stereocenters. The number of nitrogens with zero attached hydrogens (tertiary/aromatic N) is 1. The van der Waals surface area contributed by atoms with Gasteiger partial charge in [-0.1, -0.05) is 13.8 Å². The summed E-state index contributed by atoms with van der Waals surface area (Å²) < 4.78 is 32.3. The molecule has 0 aliphatic carbocycles. The Balaban J connectivity index is 1.70. The van der Waals surface area contributed by atoms with Crippen LogP contribution in [0.2, 0.25) is 0 Å². The molecule has 1 heterocycles. The minimum absolute atomic E-state index is 0.0999. The van der Waals surface area contributed by atoms with E-state index in [0.29, 0.717) is 12.3 Å². The number of amides is 1. The van der Waals surface area contributed by atoms with E-state index in [0.717, 1.165) is 44.3 Å². The van der Waals surface area contributed by atoms with Crippen LogP contribution in [0, 0.1) is 11.8 Å². The quantitative estimate of drug-likeness (QED) is 0.562. The first kappa shape index (κ1) is 23.6. The first-order valence-corrected chi connectivity index (χ1v) is 11.9. The molecule has 2 rings (SSSR count). The van der Waals surface area contributed by atoms with E-state index < -0.39 is 16.1 Å². The molecule has 0 radical (unpaired) electrons. The fraction of sp³-hybridized carbons (Fsp3) is 0.667. The first-order chi connectivity index (χ1) is 13.7. The number of carbonyl (C=O) groups excluding carboxylic acids is 1. The van der Waals surface area contributed by atoms with Crippen LogP contribution in [0.25, 0.3) is 0 Å². The SMILES string of the molecule is COc1ccc(S(=O)(=O)N[C@@H](C)C(=O)NCCCCN2CC(C)CC(C)C2)cc1. The van der Waals surface area contributed by atoms with Crippen molar-refractivity contribution in [1.82, 2.24) is 14.9 Å². The van der Waals surface area contributed by atoms with Gasteiger partial charge in [-0.25, -0.2) is 8.42 Å². The number of methoxy groups -OCH3 is 1. The van der Waals surface area contributed by atoms with Gasteiger partial charge in [-0.15, -0.1) is 0 Å². The van der Waals surface area contributed by atoms with Gasteiger partial charge in [0.15, 0.2) is 0 Å². The van der Waals surface area contributed by atoms with Crippen LogP contribution in [0.1, 0.15) is 40.0 Å². The van der Waals surface area contributed by atoms with Crippen LogP contribution in [-0.2, 0) is 14.8 Å². The molecule has 8 heteroatoms. The summed E-state index contributed by atoms with van der Waals surface area (Å²) in [4.78, 5) is 14.8. The topological polar surface area (TPSA) is 87.7 Å². The molecule has 3 atom stereocenters. The summed E-state index contributed by atoms with van der Waals surface area (Å²) in [6, 6.07) is 5.21. The smallest absolute Gasteiger partial charge is 0.241 e. The summed E-state index contributed by atoms with van der Waals surface area (Å²) in [6.45, 7) is 10.1.